The first kappa shape index (κ1) is 11.1. The smallest absolute Gasteiger partial charge is 0.305 e. The molecule has 0 radical (unpaired) electrons. The molecule has 2 aromatic rings. The topological polar surface area (TPSA) is 70.2 Å². The van der Waals surface area contributed by atoms with Crippen LogP contribution in [0.2, 0.25) is 0 Å². The van der Waals surface area contributed by atoms with Gasteiger partial charge in [-0.2, -0.15) is 4.39 Å². The number of hydrogen-bond acceptors (Lipinski definition) is 4. The number of ether oxygens (including phenoxy) is 1. The maximum atomic E-state index is 13.3. The Bertz CT molecular complexity index is 568. The summed E-state index contributed by atoms with van der Waals surface area (Å²) >= 11 is 0. The minimum Gasteiger partial charge on any atom is -0.437 e. The molecule has 0 saturated heterocycles. The van der Waals surface area contributed by atoms with E-state index in [1.165, 1.54) is 10.7 Å². The number of halogens is 1. The summed E-state index contributed by atoms with van der Waals surface area (Å²) in [5, 5.41) is 14.3. The third-order valence-corrected chi connectivity index (χ3v) is 2.03. The average Bonchev–Trinajstić information content (AvgIpc) is 2.63. The highest BCUT2D eigenvalue weighted by atomic mass is 19.1. The molecule has 0 atom stereocenters. The van der Waals surface area contributed by atoms with Crippen LogP contribution in [0.4, 0.5) is 10.1 Å². The van der Waals surface area contributed by atoms with Gasteiger partial charge in [-0.3, -0.25) is 14.8 Å². The summed E-state index contributed by atoms with van der Waals surface area (Å²) in [6.07, 6.45) is 1.66. The van der Waals surface area contributed by atoms with Gasteiger partial charge in [-0.05, 0) is 6.07 Å². The molecule has 0 fully saturated rings. The van der Waals surface area contributed by atoms with Gasteiger partial charge < -0.3 is 4.74 Å². The van der Waals surface area contributed by atoms with Gasteiger partial charge >= 0.3 is 5.69 Å². The summed E-state index contributed by atoms with van der Waals surface area (Å²) in [5.41, 5.74) is -0.585. The fraction of sp³-hybridized carbons (Fsp3) is 0.100. The largest absolute Gasteiger partial charge is 0.437 e. The molecule has 0 aliphatic carbocycles. The van der Waals surface area contributed by atoms with Crippen molar-refractivity contribution in [3.63, 3.8) is 0 Å². The predicted octanol–water partition coefficient (Wildman–Crippen LogP) is 2.26. The van der Waals surface area contributed by atoms with Gasteiger partial charge in [0.2, 0.25) is 11.7 Å². The molecule has 0 spiro atoms. The Labute approximate surface area is 95.4 Å². The van der Waals surface area contributed by atoms with Gasteiger partial charge in [-0.25, -0.2) is 0 Å². The molecule has 0 unspecified atom stereocenters. The van der Waals surface area contributed by atoms with E-state index < -0.39 is 16.4 Å². The van der Waals surface area contributed by atoms with Crippen LogP contribution < -0.4 is 4.74 Å². The number of benzene rings is 1. The van der Waals surface area contributed by atoms with Crippen molar-refractivity contribution in [1.82, 2.24) is 9.78 Å². The number of rotatable bonds is 3. The molecule has 1 aromatic carbocycles. The van der Waals surface area contributed by atoms with Crippen molar-refractivity contribution in [1.29, 1.82) is 0 Å². The molecular formula is C10H8FN3O3. The second-order valence-electron chi connectivity index (χ2n) is 3.30. The Kier molecular flexibility index (Phi) is 2.73. The molecule has 0 N–H and O–H groups in total. The molecule has 1 aromatic heterocycles. The van der Waals surface area contributed by atoms with Crippen molar-refractivity contribution < 1.29 is 14.1 Å². The molecule has 0 bridgehead atoms. The van der Waals surface area contributed by atoms with Crippen LogP contribution >= 0.6 is 0 Å². The maximum Gasteiger partial charge on any atom is 0.305 e. The van der Waals surface area contributed by atoms with Gasteiger partial charge in [0.15, 0.2) is 0 Å². The maximum absolute atomic E-state index is 13.3. The van der Waals surface area contributed by atoms with E-state index in [-0.39, 0.29) is 5.75 Å². The molecule has 0 saturated carbocycles. The molecule has 0 aliphatic heterocycles. The summed E-state index contributed by atoms with van der Waals surface area (Å²) in [5.74, 6) is -0.490. The number of hydrogen-bond donors (Lipinski definition) is 0. The van der Waals surface area contributed by atoms with E-state index in [0.717, 1.165) is 12.1 Å². The molecule has 6 nitrogen and oxygen atoms in total. The molecule has 7 heteroatoms. The zero-order valence-electron chi connectivity index (χ0n) is 8.83. The second kappa shape index (κ2) is 4.20. The van der Waals surface area contributed by atoms with Gasteiger partial charge in [-0.1, -0.05) is 0 Å². The molecule has 0 aliphatic rings. The fourth-order valence-electron chi connectivity index (χ4n) is 1.27. The Hall–Kier alpha value is -2.44. The van der Waals surface area contributed by atoms with Gasteiger partial charge in [0.1, 0.15) is 5.75 Å². The van der Waals surface area contributed by atoms with Crippen LogP contribution in [0.1, 0.15) is 0 Å². The van der Waals surface area contributed by atoms with Crippen LogP contribution in [0.25, 0.3) is 0 Å². The van der Waals surface area contributed by atoms with E-state index in [2.05, 4.69) is 5.10 Å². The van der Waals surface area contributed by atoms with Crippen LogP contribution in [0.15, 0.2) is 30.5 Å². The highest BCUT2D eigenvalue weighted by Crippen LogP contribution is 2.25. The van der Waals surface area contributed by atoms with Crippen LogP contribution in [0.3, 0.4) is 0 Å². The van der Waals surface area contributed by atoms with Crippen LogP contribution in [0, 0.1) is 15.9 Å². The highest BCUT2D eigenvalue weighted by Gasteiger charge is 2.14. The van der Waals surface area contributed by atoms with Gasteiger partial charge in [0.25, 0.3) is 0 Å². The minimum atomic E-state index is -0.941. The zero-order valence-corrected chi connectivity index (χ0v) is 8.83. The lowest BCUT2D eigenvalue weighted by atomic mass is 10.3. The van der Waals surface area contributed by atoms with Crippen molar-refractivity contribution >= 4 is 5.69 Å². The van der Waals surface area contributed by atoms with E-state index >= 15 is 0 Å². The Balaban J connectivity index is 2.23. The quantitative estimate of drug-likeness (QED) is 0.606. The van der Waals surface area contributed by atoms with Crippen molar-refractivity contribution in [2.45, 2.75) is 0 Å². The molecular weight excluding hydrogens is 229 g/mol. The normalized spacial score (nSPS) is 10.2. The minimum absolute atomic E-state index is 0.159. The molecule has 0 amide bonds. The van der Waals surface area contributed by atoms with Crippen LogP contribution in [0.5, 0.6) is 11.6 Å². The first-order valence-electron chi connectivity index (χ1n) is 4.68. The van der Waals surface area contributed by atoms with Gasteiger partial charge in [-0.15, -0.1) is 5.10 Å². The number of nitro benzene ring substituents is 1. The number of nitro groups is 1. The fourth-order valence-corrected chi connectivity index (χ4v) is 1.27. The van der Waals surface area contributed by atoms with Gasteiger partial charge in [0.05, 0.1) is 4.92 Å². The Morgan fingerprint density at radius 3 is 2.76 bits per heavy atom. The van der Waals surface area contributed by atoms with Gasteiger partial charge in [0, 0.05) is 31.4 Å². The van der Waals surface area contributed by atoms with Crippen molar-refractivity contribution in [2.24, 2.45) is 7.05 Å². The third-order valence-electron chi connectivity index (χ3n) is 2.03. The monoisotopic (exact) mass is 237 g/mol. The lowest BCUT2D eigenvalue weighted by Gasteiger charge is -2.01. The molecule has 88 valence electrons. The van der Waals surface area contributed by atoms with Crippen molar-refractivity contribution in [3.05, 3.63) is 46.4 Å². The molecule has 17 heavy (non-hydrogen) atoms. The van der Waals surface area contributed by atoms with E-state index in [4.69, 9.17) is 4.74 Å². The molecule has 1 heterocycles. The van der Waals surface area contributed by atoms with Crippen LogP contribution in [-0.2, 0) is 7.05 Å². The third kappa shape index (κ3) is 2.39. The lowest BCUT2D eigenvalue weighted by Crippen LogP contribution is -1.94. The summed E-state index contributed by atoms with van der Waals surface area (Å²) in [4.78, 5) is 9.61. The SMILES string of the molecule is Cn1ccc(Oc2ccc([N+](=O)[O-])c(F)c2)n1. The highest BCUT2D eigenvalue weighted by molar-refractivity contribution is 5.39. The second-order valence-corrected chi connectivity index (χ2v) is 3.30. The Morgan fingerprint density at radius 2 is 2.24 bits per heavy atom. The first-order valence-corrected chi connectivity index (χ1v) is 4.68. The van der Waals surface area contributed by atoms with E-state index in [1.54, 1.807) is 19.3 Å². The zero-order chi connectivity index (χ0) is 12.4. The van der Waals surface area contributed by atoms with E-state index in [0.29, 0.717) is 5.88 Å². The van der Waals surface area contributed by atoms with Crippen LogP contribution in [-0.4, -0.2) is 14.7 Å². The van der Waals surface area contributed by atoms with Crippen molar-refractivity contribution in [2.75, 3.05) is 0 Å². The summed E-state index contributed by atoms with van der Waals surface area (Å²) in [6.45, 7) is 0. The Morgan fingerprint density at radius 1 is 1.47 bits per heavy atom. The summed E-state index contributed by atoms with van der Waals surface area (Å²) < 4.78 is 20.0. The first-order chi connectivity index (χ1) is 8.06. The number of nitrogens with zero attached hydrogens (tertiary/aromatic N) is 3. The van der Waals surface area contributed by atoms with E-state index in [9.17, 15) is 14.5 Å². The standard InChI is InChI=1S/C10H8FN3O3/c1-13-5-4-10(12-13)17-7-2-3-9(14(15)16)8(11)6-7/h2-6H,1H3. The summed E-state index contributed by atoms with van der Waals surface area (Å²) in [6, 6.07) is 4.91. The molecule has 2 rings (SSSR count). The predicted molar refractivity (Wildman–Crippen MR) is 56.3 cm³/mol. The summed E-state index contributed by atoms with van der Waals surface area (Å²) in [7, 11) is 1.71. The number of aromatic nitrogens is 2. The average molecular weight is 237 g/mol. The van der Waals surface area contributed by atoms with E-state index in [1.807, 2.05) is 0 Å². The lowest BCUT2D eigenvalue weighted by molar-refractivity contribution is -0.387. The van der Waals surface area contributed by atoms with Crippen molar-refractivity contribution in [3.8, 4) is 11.6 Å². The number of aryl methyl sites for hydroxylation is 1.